The third kappa shape index (κ3) is 19.1. The lowest BCUT2D eigenvalue weighted by Gasteiger charge is -2.20. The lowest BCUT2D eigenvalue weighted by molar-refractivity contribution is -0.697. The number of aryl methyl sites for hydroxylation is 2. The largest absolute Gasteiger partial charge is 1.00 e. The maximum Gasteiger partial charge on any atom is 0.169 e. The molecule has 7 heteroatoms. The Hall–Kier alpha value is -3.26. The number of benzene rings is 2. The number of aromatic nitrogens is 2. The summed E-state index contributed by atoms with van der Waals surface area (Å²) in [6.07, 6.45) is 28.0. The van der Waals surface area contributed by atoms with Gasteiger partial charge < -0.3 is 49.2 Å². The highest BCUT2D eigenvalue weighted by molar-refractivity contribution is 5.71. The van der Waals surface area contributed by atoms with Gasteiger partial charge in [-0.2, -0.15) is 0 Å². The highest BCUT2D eigenvalue weighted by atomic mass is 79.9. The SMILES string of the molecule is CCCCCC[n+]1ccc(C=Cc2ccc(N(CC)CC)cc2)cc1.CCCCCC[n+]1ccc(C=Cc2ccc(N(CC)CC)cc2)cc1.O.[Br-].[Br-]. The van der Waals surface area contributed by atoms with Gasteiger partial charge in [0.05, 0.1) is 0 Å². The lowest BCUT2D eigenvalue weighted by Crippen LogP contribution is -3.00. The predicted octanol–water partition coefficient (Wildman–Crippen LogP) is 4.33. The third-order valence-electron chi connectivity index (χ3n) is 9.35. The van der Waals surface area contributed by atoms with Crippen LogP contribution >= 0.6 is 0 Å². The van der Waals surface area contributed by atoms with Crippen LogP contribution in [0.25, 0.3) is 24.3 Å². The van der Waals surface area contributed by atoms with Gasteiger partial charge in [0.25, 0.3) is 0 Å². The molecule has 0 saturated heterocycles. The molecule has 0 atom stereocenters. The fourth-order valence-corrected chi connectivity index (χ4v) is 6.06. The van der Waals surface area contributed by atoms with Crippen LogP contribution in [0.15, 0.2) is 97.6 Å². The van der Waals surface area contributed by atoms with Crippen LogP contribution in [-0.2, 0) is 13.1 Å². The minimum atomic E-state index is 0. The molecule has 2 heterocycles. The molecule has 2 aromatic heterocycles. The van der Waals surface area contributed by atoms with Crippen LogP contribution in [-0.4, -0.2) is 31.7 Å². The number of hydrogen-bond donors (Lipinski definition) is 0. The van der Waals surface area contributed by atoms with Crippen molar-refractivity contribution in [2.75, 3.05) is 36.0 Å². The predicted molar refractivity (Wildman–Crippen MR) is 223 cm³/mol. The molecule has 0 fully saturated rings. The van der Waals surface area contributed by atoms with Crippen molar-refractivity contribution in [2.45, 2.75) is 106 Å². The molecule has 0 amide bonds. The molecule has 53 heavy (non-hydrogen) atoms. The second-order valence-electron chi connectivity index (χ2n) is 13.1. The Balaban J connectivity index is 0.000000966. The molecular weight excluding hydrogens is 784 g/mol. The van der Waals surface area contributed by atoms with Crippen LogP contribution in [0.4, 0.5) is 11.4 Å². The molecule has 0 radical (unpaired) electrons. The average Bonchev–Trinajstić information content (AvgIpc) is 3.17. The molecular formula is C46H68Br2N4O. The third-order valence-corrected chi connectivity index (χ3v) is 9.35. The van der Waals surface area contributed by atoms with Crippen molar-refractivity contribution in [3.63, 3.8) is 0 Å². The maximum atomic E-state index is 2.37. The first-order chi connectivity index (χ1) is 24.5. The summed E-state index contributed by atoms with van der Waals surface area (Å²) < 4.78 is 4.57. The van der Waals surface area contributed by atoms with Crippen LogP contribution in [0, 0.1) is 0 Å². The number of anilines is 2. The minimum Gasteiger partial charge on any atom is -1.00 e. The quantitative estimate of drug-likeness (QED) is 0.0984. The zero-order valence-corrected chi connectivity index (χ0v) is 36.7. The Morgan fingerprint density at radius 1 is 0.396 bits per heavy atom. The number of unbranched alkanes of at least 4 members (excludes halogenated alkanes) is 6. The van der Waals surface area contributed by atoms with Crippen LogP contribution in [0.1, 0.15) is 115 Å². The number of pyridine rings is 2. The first kappa shape index (κ1) is 49.7. The Morgan fingerprint density at radius 2 is 0.679 bits per heavy atom. The first-order valence-electron chi connectivity index (χ1n) is 19.6. The van der Waals surface area contributed by atoms with Crippen molar-refractivity contribution in [3.05, 3.63) is 120 Å². The highest BCUT2D eigenvalue weighted by Crippen LogP contribution is 2.18. The topological polar surface area (TPSA) is 45.7 Å². The molecule has 0 aliphatic heterocycles. The van der Waals surface area contributed by atoms with Crippen molar-refractivity contribution < 1.29 is 48.6 Å². The van der Waals surface area contributed by atoms with E-state index < -0.39 is 0 Å². The normalized spacial score (nSPS) is 10.5. The van der Waals surface area contributed by atoms with Gasteiger partial charge in [0.15, 0.2) is 24.8 Å². The fourth-order valence-electron chi connectivity index (χ4n) is 6.06. The van der Waals surface area contributed by atoms with E-state index in [1.165, 1.54) is 85.0 Å². The summed E-state index contributed by atoms with van der Waals surface area (Å²) in [6, 6.07) is 26.4. The Bertz CT molecular complexity index is 1380. The van der Waals surface area contributed by atoms with Crippen LogP contribution in [0.5, 0.6) is 0 Å². The van der Waals surface area contributed by atoms with Gasteiger partial charge >= 0.3 is 0 Å². The molecule has 0 saturated carbocycles. The van der Waals surface area contributed by atoms with Gasteiger partial charge in [0.2, 0.25) is 0 Å². The van der Waals surface area contributed by atoms with E-state index in [2.05, 4.69) is 182 Å². The number of hydrogen-bond acceptors (Lipinski definition) is 2. The molecule has 292 valence electrons. The molecule has 4 aromatic rings. The van der Waals surface area contributed by atoms with E-state index in [4.69, 9.17) is 0 Å². The molecule has 2 aromatic carbocycles. The van der Waals surface area contributed by atoms with Crippen molar-refractivity contribution in [3.8, 4) is 0 Å². The molecule has 0 aliphatic carbocycles. The van der Waals surface area contributed by atoms with Gasteiger partial charge in [-0.25, -0.2) is 9.13 Å². The Morgan fingerprint density at radius 3 is 0.943 bits per heavy atom. The van der Waals surface area contributed by atoms with Gasteiger partial charge in [-0.15, -0.1) is 0 Å². The Kier molecular flexibility index (Phi) is 28.3. The lowest BCUT2D eigenvalue weighted by atomic mass is 10.1. The van der Waals surface area contributed by atoms with Crippen molar-refractivity contribution in [2.24, 2.45) is 0 Å². The molecule has 0 aliphatic rings. The fraction of sp³-hybridized carbons (Fsp3) is 0.435. The average molecular weight is 853 g/mol. The van der Waals surface area contributed by atoms with Crippen molar-refractivity contribution in [1.82, 2.24) is 0 Å². The van der Waals surface area contributed by atoms with E-state index in [1.54, 1.807) is 0 Å². The zero-order chi connectivity index (χ0) is 35.8. The van der Waals surface area contributed by atoms with Gasteiger partial charge in [-0.05, 0) is 87.1 Å². The monoisotopic (exact) mass is 850 g/mol. The summed E-state index contributed by atoms with van der Waals surface area (Å²) in [5, 5.41) is 0. The van der Waals surface area contributed by atoms with Crippen LogP contribution < -0.4 is 52.9 Å². The summed E-state index contributed by atoms with van der Waals surface area (Å²) >= 11 is 0. The van der Waals surface area contributed by atoms with E-state index in [1.807, 2.05) is 0 Å². The summed E-state index contributed by atoms with van der Waals surface area (Å²) in [5.41, 5.74) is 7.58. The minimum absolute atomic E-state index is 0. The maximum absolute atomic E-state index is 2.37. The summed E-state index contributed by atoms with van der Waals surface area (Å²) in [5.74, 6) is 0. The van der Waals surface area contributed by atoms with Gasteiger partial charge in [-0.3, -0.25) is 0 Å². The number of rotatable bonds is 20. The van der Waals surface area contributed by atoms with Gasteiger partial charge in [0, 0.05) is 74.7 Å². The molecule has 0 unspecified atom stereocenters. The first-order valence-corrected chi connectivity index (χ1v) is 19.6. The van der Waals surface area contributed by atoms with Crippen LogP contribution in [0.3, 0.4) is 0 Å². The smallest absolute Gasteiger partial charge is 0.169 e. The second-order valence-corrected chi connectivity index (χ2v) is 13.1. The number of halogens is 2. The molecule has 0 bridgehead atoms. The zero-order valence-electron chi connectivity index (χ0n) is 33.5. The molecule has 2 N–H and O–H groups in total. The number of nitrogens with zero attached hydrogens (tertiary/aromatic N) is 4. The van der Waals surface area contributed by atoms with E-state index >= 15 is 0 Å². The summed E-state index contributed by atoms with van der Waals surface area (Å²) in [7, 11) is 0. The molecule has 0 spiro atoms. The van der Waals surface area contributed by atoms with Gasteiger partial charge in [0.1, 0.15) is 13.1 Å². The van der Waals surface area contributed by atoms with E-state index in [9.17, 15) is 0 Å². The van der Waals surface area contributed by atoms with E-state index in [0.717, 1.165) is 39.3 Å². The molecule has 5 nitrogen and oxygen atoms in total. The van der Waals surface area contributed by atoms with E-state index in [0.29, 0.717) is 0 Å². The van der Waals surface area contributed by atoms with Crippen molar-refractivity contribution >= 4 is 35.7 Å². The van der Waals surface area contributed by atoms with E-state index in [-0.39, 0.29) is 39.4 Å². The molecule has 4 rings (SSSR count). The van der Waals surface area contributed by atoms with Crippen molar-refractivity contribution in [1.29, 1.82) is 0 Å². The summed E-state index contributed by atoms with van der Waals surface area (Å²) in [4.78, 5) is 4.73. The standard InChI is InChI=1S/2C23H33N2.2BrH.H2O/c2*1-4-7-8-9-18-24-19-16-22(17-20-24)11-10-21-12-14-23(15-13-21)25(5-2)6-3;;;/h2*10-17,19-20H,4-9,18H2,1-3H3;2*1H;1H2/q2*+1;;;/p-2. The van der Waals surface area contributed by atoms with Gasteiger partial charge in [-0.1, -0.05) is 88.1 Å². The summed E-state index contributed by atoms with van der Waals surface area (Å²) in [6.45, 7) is 19.7. The highest BCUT2D eigenvalue weighted by Gasteiger charge is 2.03. The van der Waals surface area contributed by atoms with Crippen LogP contribution in [0.2, 0.25) is 0 Å². The second kappa shape index (κ2) is 30.1. The Labute approximate surface area is 344 Å².